The maximum absolute atomic E-state index is 12.3. The number of hydrogen-bond acceptors (Lipinski definition) is 5. The Morgan fingerprint density at radius 2 is 1.91 bits per heavy atom. The van der Waals surface area contributed by atoms with Gasteiger partial charge in [0.25, 0.3) is 0 Å². The number of rotatable bonds is 5. The van der Waals surface area contributed by atoms with Crippen molar-refractivity contribution in [2.75, 3.05) is 32.2 Å². The second kappa shape index (κ2) is 7.86. The van der Waals surface area contributed by atoms with Gasteiger partial charge in [-0.2, -0.15) is 0 Å². The smallest absolute Gasteiger partial charge is 0.249 e. The van der Waals surface area contributed by atoms with E-state index in [2.05, 4.69) is 5.32 Å². The maximum atomic E-state index is 12.3. The van der Waals surface area contributed by atoms with Crippen molar-refractivity contribution in [3.05, 3.63) is 18.2 Å². The van der Waals surface area contributed by atoms with E-state index in [0.29, 0.717) is 30.2 Å². The van der Waals surface area contributed by atoms with E-state index in [0.717, 1.165) is 0 Å². The average molecular weight is 330 g/mol. The fourth-order valence-corrected chi connectivity index (χ4v) is 2.27. The standard InChI is InChI=1S/C14H19N3O4.ClH/c1-20-10-5-9(6-11(7-10)21-2)17-4-3-12(14(17)19)16-13(18)8-15;/h5-7,12H,3-4,8,15H2,1-2H3,(H,16,18);1H. The number of benzene rings is 1. The molecule has 1 aliphatic heterocycles. The molecule has 8 heteroatoms. The summed E-state index contributed by atoms with van der Waals surface area (Å²) in [6.07, 6.45) is 0.546. The molecule has 7 nitrogen and oxygen atoms in total. The molecule has 2 amide bonds. The third-order valence-electron chi connectivity index (χ3n) is 3.37. The van der Waals surface area contributed by atoms with Crippen LogP contribution in [0.3, 0.4) is 0 Å². The van der Waals surface area contributed by atoms with E-state index < -0.39 is 6.04 Å². The van der Waals surface area contributed by atoms with Crippen LogP contribution in [0.5, 0.6) is 11.5 Å². The fraction of sp³-hybridized carbons (Fsp3) is 0.429. The van der Waals surface area contributed by atoms with Crippen molar-refractivity contribution >= 4 is 29.9 Å². The van der Waals surface area contributed by atoms with Crippen molar-refractivity contribution in [1.29, 1.82) is 0 Å². The number of nitrogens with two attached hydrogens (primary N) is 1. The second-order valence-electron chi connectivity index (χ2n) is 4.67. The van der Waals surface area contributed by atoms with Crippen molar-refractivity contribution in [3.63, 3.8) is 0 Å². The molecule has 1 fully saturated rings. The molecule has 3 N–H and O–H groups in total. The van der Waals surface area contributed by atoms with Crippen LogP contribution in [0.15, 0.2) is 18.2 Å². The first-order chi connectivity index (χ1) is 10.1. The first-order valence-electron chi connectivity index (χ1n) is 6.63. The van der Waals surface area contributed by atoms with Crippen molar-refractivity contribution < 1.29 is 19.1 Å². The van der Waals surface area contributed by atoms with Gasteiger partial charge in [0.1, 0.15) is 17.5 Å². The van der Waals surface area contributed by atoms with Crippen LogP contribution < -0.4 is 25.4 Å². The minimum atomic E-state index is -0.529. The van der Waals surface area contributed by atoms with Gasteiger partial charge in [0.15, 0.2) is 0 Å². The molecule has 1 aliphatic rings. The number of nitrogens with one attached hydrogen (secondary N) is 1. The molecular weight excluding hydrogens is 310 g/mol. The number of hydrogen-bond donors (Lipinski definition) is 2. The van der Waals surface area contributed by atoms with Crippen molar-refractivity contribution in [3.8, 4) is 11.5 Å². The highest BCUT2D eigenvalue weighted by atomic mass is 35.5. The molecule has 0 bridgehead atoms. The first kappa shape index (κ1) is 18.1. The molecule has 1 atom stereocenters. The van der Waals surface area contributed by atoms with E-state index in [1.165, 1.54) is 0 Å². The van der Waals surface area contributed by atoms with Crippen molar-refractivity contribution in [1.82, 2.24) is 5.32 Å². The fourth-order valence-electron chi connectivity index (χ4n) is 2.27. The van der Waals surface area contributed by atoms with Crippen molar-refractivity contribution in [2.45, 2.75) is 12.5 Å². The van der Waals surface area contributed by atoms with E-state index in [1.54, 1.807) is 37.3 Å². The maximum Gasteiger partial charge on any atom is 0.249 e. The van der Waals surface area contributed by atoms with Crippen LogP contribution in [-0.4, -0.2) is 45.2 Å². The molecule has 1 heterocycles. The van der Waals surface area contributed by atoms with Crippen molar-refractivity contribution in [2.24, 2.45) is 5.73 Å². The molecule has 1 aromatic rings. The number of ether oxygens (including phenoxy) is 2. The van der Waals surface area contributed by atoms with E-state index >= 15 is 0 Å². The minimum absolute atomic E-state index is 0. The molecule has 2 rings (SSSR count). The number of halogens is 1. The monoisotopic (exact) mass is 329 g/mol. The summed E-state index contributed by atoms with van der Waals surface area (Å²) in [5.74, 6) is 0.712. The lowest BCUT2D eigenvalue weighted by molar-refractivity contribution is -0.125. The van der Waals surface area contributed by atoms with Gasteiger partial charge >= 0.3 is 0 Å². The Bertz CT molecular complexity index is 531. The lowest BCUT2D eigenvalue weighted by atomic mass is 10.2. The van der Waals surface area contributed by atoms with Gasteiger partial charge in [-0.3, -0.25) is 9.59 Å². The normalized spacial score (nSPS) is 17.0. The Hall–Kier alpha value is -1.99. The molecule has 22 heavy (non-hydrogen) atoms. The molecule has 1 saturated heterocycles. The summed E-state index contributed by atoms with van der Waals surface area (Å²) in [5, 5.41) is 2.62. The molecule has 0 aliphatic carbocycles. The number of amides is 2. The molecule has 1 unspecified atom stereocenters. The molecule has 122 valence electrons. The number of carbonyl (C=O) groups is 2. The highest BCUT2D eigenvalue weighted by Gasteiger charge is 2.33. The quantitative estimate of drug-likeness (QED) is 0.810. The van der Waals surface area contributed by atoms with Crippen LogP contribution >= 0.6 is 12.4 Å². The summed E-state index contributed by atoms with van der Waals surface area (Å²) in [6.45, 7) is 0.390. The van der Waals surface area contributed by atoms with Crippen LogP contribution in [0.4, 0.5) is 5.69 Å². The number of methoxy groups -OCH3 is 2. The Balaban J connectivity index is 0.00000242. The molecular formula is C14H20ClN3O4. The van der Waals surface area contributed by atoms with Crippen LogP contribution in [0, 0.1) is 0 Å². The summed E-state index contributed by atoms with van der Waals surface area (Å²) >= 11 is 0. The first-order valence-corrected chi connectivity index (χ1v) is 6.63. The Morgan fingerprint density at radius 3 is 2.41 bits per heavy atom. The molecule has 0 aromatic heterocycles. The van der Waals surface area contributed by atoms with E-state index in [1.807, 2.05) is 0 Å². The zero-order valence-corrected chi connectivity index (χ0v) is 13.3. The molecule has 0 spiro atoms. The Kier molecular flexibility index (Phi) is 6.45. The third-order valence-corrected chi connectivity index (χ3v) is 3.37. The van der Waals surface area contributed by atoms with Gasteiger partial charge in [-0.25, -0.2) is 0 Å². The van der Waals surface area contributed by atoms with Gasteiger partial charge < -0.3 is 25.4 Å². The highest BCUT2D eigenvalue weighted by Crippen LogP contribution is 2.30. The SMILES string of the molecule is COc1cc(OC)cc(N2CCC(NC(=O)CN)C2=O)c1.Cl. The van der Waals surface area contributed by atoms with Gasteiger partial charge in [-0.15, -0.1) is 12.4 Å². The van der Waals surface area contributed by atoms with Gasteiger partial charge in [-0.1, -0.05) is 0 Å². The predicted octanol–water partition coefficient (Wildman–Crippen LogP) is 0.306. The molecule has 1 aromatic carbocycles. The van der Waals surface area contributed by atoms with E-state index in [4.69, 9.17) is 15.2 Å². The topological polar surface area (TPSA) is 93.9 Å². The minimum Gasteiger partial charge on any atom is -0.497 e. The average Bonchev–Trinajstić information content (AvgIpc) is 2.87. The van der Waals surface area contributed by atoms with Crippen LogP contribution in [-0.2, 0) is 9.59 Å². The van der Waals surface area contributed by atoms with Gasteiger partial charge in [-0.05, 0) is 6.42 Å². The lowest BCUT2D eigenvalue weighted by Gasteiger charge is -2.19. The Labute approximate surface area is 135 Å². The number of carbonyl (C=O) groups excluding carboxylic acids is 2. The van der Waals surface area contributed by atoms with Gasteiger partial charge in [0.2, 0.25) is 11.8 Å². The van der Waals surface area contributed by atoms with Crippen LogP contribution in [0.2, 0.25) is 0 Å². The predicted molar refractivity (Wildman–Crippen MR) is 84.7 cm³/mol. The summed E-state index contributed by atoms with van der Waals surface area (Å²) in [6, 6.07) is 4.72. The summed E-state index contributed by atoms with van der Waals surface area (Å²) in [7, 11) is 3.10. The van der Waals surface area contributed by atoms with Gasteiger partial charge in [0, 0.05) is 24.7 Å². The zero-order chi connectivity index (χ0) is 15.4. The van der Waals surface area contributed by atoms with Crippen LogP contribution in [0.25, 0.3) is 0 Å². The molecule has 0 saturated carbocycles. The van der Waals surface area contributed by atoms with E-state index in [9.17, 15) is 9.59 Å². The largest absolute Gasteiger partial charge is 0.497 e. The lowest BCUT2D eigenvalue weighted by Crippen LogP contribution is -2.43. The van der Waals surface area contributed by atoms with Gasteiger partial charge in [0.05, 0.1) is 26.5 Å². The summed E-state index contributed by atoms with van der Waals surface area (Å²) in [4.78, 5) is 25.3. The summed E-state index contributed by atoms with van der Waals surface area (Å²) in [5.41, 5.74) is 5.93. The van der Waals surface area contributed by atoms with E-state index in [-0.39, 0.29) is 30.8 Å². The summed E-state index contributed by atoms with van der Waals surface area (Å²) < 4.78 is 10.4. The number of anilines is 1. The van der Waals surface area contributed by atoms with Crippen LogP contribution in [0.1, 0.15) is 6.42 Å². The highest BCUT2D eigenvalue weighted by molar-refractivity contribution is 6.01. The second-order valence-corrected chi connectivity index (χ2v) is 4.67. The zero-order valence-electron chi connectivity index (χ0n) is 12.5. The molecule has 0 radical (unpaired) electrons. The Morgan fingerprint density at radius 1 is 1.32 bits per heavy atom. The third kappa shape index (κ3) is 3.80. The number of nitrogens with zero attached hydrogens (tertiary/aromatic N) is 1.